The average molecular weight is 254 g/mol. The van der Waals surface area contributed by atoms with E-state index < -0.39 is 5.54 Å². The molecule has 18 heavy (non-hydrogen) atoms. The molecule has 1 aromatic rings. The van der Waals surface area contributed by atoms with Gasteiger partial charge in [0, 0.05) is 6.54 Å². The largest absolute Gasteiger partial charge is 0.468 e. The first-order valence-corrected chi connectivity index (χ1v) is 6.12. The van der Waals surface area contributed by atoms with Crippen LogP contribution in [0.15, 0.2) is 0 Å². The van der Waals surface area contributed by atoms with Crippen molar-refractivity contribution < 1.29 is 9.53 Å². The SMILES string of the molecule is COC(=O)C(C)(N)CCCCn1nc(C)nc1C. The topological polar surface area (TPSA) is 83.0 Å². The zero-order valence-electron chi connectivity index (χ0n) is 11.6. The van der Waals surface area contributed by atoms with Gasteiger partial charge in [-0.3, -0.25) is 9.48 Å². The van der Waals surface area contributed by atoms with Gasteiger partial charge in [-0.2, -0.15) is 5.10 Å². The van der Waals surface area contributed by atoms with Crippen molar-refractivity contribution in [1.29, 1.82) is 0 Å². The minimum absolute atomic E-state index is 0.365. The maximum atomic E-state index is 11.4. The number of ether oxygens (including phenoxy) is 1. The van der Waals surface area contributed by atoms with Gasteiger partial charge in [0.15, 0.2) is 0 Å². The molecule has 2 N–H and O–H groups in total. The lowest BCUT2D eigenvalue weighted by Gasteiger charge is -2.21. The van der Waals surface area contributed by atoms with Crippen molar-refractivity contribution in [2.75, 3.05) is 7.11 Å². The first-order chi connectivity index (χ1) is 8.36. The molecule has 0 saturated carbocycles. The number of nitrogens with two attached hydrogens (primary N) is 1. The molecule has 0 radical (unpaired) electrons. The van der Waals surface area contributed by atoms with Crippen LogP contribution in [0.5, 0.6) is 0 Å². The number of methoxy groups -OCH3 is 1. The van der Waals surface area contributed by atoms with Gasteiger partial charge in [-0.25, -0.2) is 4.98 Å². The van der Waals surface area contributed by atoms with Crippen LogP contribution in [-0.2, 0) is 16.1 Å². The predicted molar refractivity (Wildman–Crippen MR) is 68.0 cm³/mol. The standard InChI is InChI=1S/C12H22N4O2/c1-9-14-10(2)16(15-9)8-6-5-7-12(3,13)11(17)18-4/h5-8,13H2,1-4H3. The van der Waals surface area contributed by atoms with Crippen molar-refractivity contribution >= 4 is 5.97 Å². The van der Waals surface area contributed by atoms with Gasteiger partial charge in [0.05, 0.1) is 7.11 Å². The monoisotopic (exact) mass is 254 g/mol. The fourth-order valence-electron chi connectivity index (χ4n) is 1.86. The Kier molecular flexibility index (Phi) is 4.84. The normalized spacial score (nSPS) is 14.3. The molecule has 0 fully saturated rings. The van der Waals surface area contributed by atoms with Crippen LogP contribution in [0.1, 0.15) is 37.8 Å². The van der Waals surface area contributed by atoms with Gasteiger partial charge in [-0.15, -0.1) is 0 Å². The lowest BCUT2D eigenvalue weighted by molar-refractivity contribution is -0.146. The second-order valence-corrected chi connectivity index (χ2v) is 4.80. The van der Waals surface area contributed by atoms with Crippen LogP contribution in [0.25, 0.3) is 0 Å². The van der Waals surface area contributed by atoms with Gasteiger partial charge >= 0.3 is 5.97 Å². The quantitative estimate of drug-likeness (QED) is 0.604. The molecule has 0 bridgehead atoms. The third kappa shape index (κ3) is 3.80. The summed E-state index contributed by atoms with van der Waals surface area (Å²) >= 11 is 0. The van der Waals surface area contributed by atoms with E-state index in [9.17, 15) is 4.79 Å². The molecule has 0 aliphatic heterocycles. The Balaban J connectivity index is 2.35. The molecular formula is C12H22N4O2. The van der Waals surface area contributed by atoms with E-state index >= 15 is 0 Å². The number of carbonyl (C=O) groups is 1. The maximum absolute atomic E-state index is 11.4. The Morgan fingerprint density at radius 2 is 2.11 bits per heavy atom. The number of esters is 1. The van der Waals surface area contributed by atoms with Crippen LogP contribution in [0.3, 0.4) is 0 Å². The minimum Gasteiger partial charge on any atom is -0.468 e. The van der Waals surface area contributed by atoms with Crippen LogP contribution >= 0.6 is 0 Å². The van der Waals surface area contributed by atoms with Crippen molar-refractivity contribution in [3.63, 3.8) is 0 Å². The molecule has 0 aromatic carbocycles. The first-order valence-electron chi connectivity index (χ1n) is 6.12. The number of nitrogens with zero attached hydrogens (tertiary/aromatic N) is 3. The van der Waals surface area contributed by atoms with Crippen LogP contribution in [0.4, 0.5) is 0 Å². The van der Waals surface area contributed by atoms with Gasteiger partial charge in [-0.05, 0) is 40.0 Å². The Morgan fingerprint density at radius 1 is 1.44 bits per heavy atom. The summed E-state index contributed by atoms with van der Waals surface area (Å²) in [5, 5.41) is 4.28. The highest BCUT2D eigenvalue weighted by Crippen LogP contribution is 2.13. The third-order valence-electron chi connectivity index (χ3n) is 2.93. The highest BCUT2D eigenvalue weighted by molar-refractivity contribution is 5.79. The number of unbranched alkanes of at least 4 members (excludes halogenated alkanes) is 1. The van der Waals surface area contributed by atoms with E-state index in [1.807, 2.05) is 18.5 Å². The van der Waals surface area contributed by atoms with E-state index in [1.165, 1.54) is 7.11 Å². The fourth-order valence-corrected chi connectivity index (χ4v) is 1.86. The van der Waals surface area contributed by atoms with Gasteiger partial charge in [0.25, 0.3) is 0 Å². The number of aromatic nitrogens is 3. The van der Waals surface area contributed by atoms with Gasteiger partial charge in [0.2, 0.25) is 0 Å². The summed E-state index contributed by atoms with van der Waals surface area (Å²) in [6.45, 7) is 6.30. The second kappa shape index (κ2) is 5.95. The number of hydrogen-bond acceptors (Lipinski definition) is 5. The molecule has 0 saturated heterocycles. The molecule has 1 unspecified atom stereocenters. The summed E-state index contributed by atoms with van der Waals surface area (Å²) in [6.07, 6.45) is 2.36. The number of rotatable bonds is 6. The van der Waals surface area contributed by atoms with Crippen LogP contribution < -0.4 is 5.73 Å². The maximum Gasteiger partial charge on any atom is 0.325 e. The Hall–Kier alpha value is -1.43. The second-order valence-electron chi connectivity index (χ2n) is 4.80. The summed E-state index contributed by atoms with van der Waals surface area (Å²) in [5.74, 6) is 1.33. The molecule has 6 nitrogen and oxygen atoms in total. The van der Waals surface area contributed by atoms with E-state index in [4.69, 9.17) is 5.73 Å². The molecule has 1 aromatic heterocycles. The minimum atomic E-state index is -0.901. The molecule has 0 aliphatic rings. The molecule has 0 spiro atoms. The van der Waals surface area contributed by atoms with Crippen LogP contribution in [0.2, 0.25) is 0 Å². The molecule has 1 heterocycles. The van der Waals surface area contributed by atoms with Crippen molar-refractivity contribution in [3.8, 4) is 0 Å². The van der Waals surface area contributed by atoms with E-state index in [2.05, 4.69) is 14.8 Å². The zero-order valence-corrected chi connectivity index (χ0v) is 11.6. The van der Waals surface area contributed by atoms with Gasteiger partial charge in [-0.1, -0.05) is 0 Å². The molecule has 6 heteroatoms. The lowest BCUT2D eigenvalue weighted by Crippen LogP contribution is -2.45. The third-order valence-corrected chi connectivity index (χ3v) is 2.93. The van der Waals surface area contributed by atoms with Crippen molar-refractivity contribution in [3.05, 3.63) is 11.6 Å². The van der Waals surface area contributed by atoms with Crippen molar-refractivity contribution in [1.82, 2.24) is 14.8 Å². The molecule has 0 aliphatic carbocycles. The van der Waals surface area contributed by atoms with E-state index in [0.29, 0.717) is 6.42 Å². The molecule has 1 rings (SSSR count). The summed E-state index contributed by atoms with van der Waals surface area (Å²) in [7, 11) is 1.36. The predicted octanol–water partition coefficient (Wildman–Crippen LogP) is 0.956. The fraction of sp³-hybridized carbons (Fsp3) is 0.750. The van der Waals surface area contributed by atoms with E-state index in [1.54, 1.807) is 6.92 Å². The number of carbonyl (C=O) groups excluding carboxylic acids is 1. The summed E-state index contributed by atoms with van der Waals surface area (Å²) in [4.78, 5) is 15.6. The van der Waals surface area contributed by atoms with Gasteiger partial charge < -0.3 is 10.5 Å². The molecule has 102 valence electrons. The summed E-state index contributed by atoms with van der Waals surface area (Å²) in [6, 6.07) is 0. The van der Waals surface area contributed by atoms with Crippen molar-refractivity contribution in [2.45, 2.75) is 52.1 Å². The Bertz CT molecular complexity index is 412. The molecular weight excluding hydrogens is 232 g/mol. The average Bonchev–Trinajstić information content (AvgIpc) is 2.62. The molecule has 0 amide bonds. The highest BCUT2D eigenvalue weighted by atomic mass is 16.5. The van der Waals surface area contributed by atoms with Crippen molar-refractivity contribution in [2.24, 2.45) is 5.73 Å². The number of hydrogen-bond donors (Lipinski definition) is 1. The Morgan fingerprint density at radius 3 is 2.61 bits per heavy atom. The van der Waals surface area contributed by atoms with Crippen LogP contribution in [-0.4, -0.2) is 33.4 Å². The Labute approximate surface area is 108 Å². The summed E-state index contributed by atoms with van der Waals surface area (Å²) < 4.78 is 6.54. The van der Waals surface area contributed by atoms with Crippen LogP contribution in [0, 0.1) is 13.8 Å². The lowest BCUT2D eigenvalue weighted by atomic mass is 9.96. The number of aryl methyl sites for hydroxylation is 3. The van der Waals surface area contributed by atoms with E-state index in [-0.39, 0.29) is 5.97 Å². The first kappa shape index (κ1) is 14.6. The smallest absolute Gasteiger partial charge is 0.325 e. The molecule has 1 atom stereocenters. The zero-order chi connectivity index (χ0) is 13.8. The summed E-state index contributed by atoms with van der Waals surface area (Å²) in [5.41, 5.74) is 4.97. The highest BCUT2D eigenvalue weighted by Gasteiger charge is 2.28. The van der Waals surface area contributed by atoms with Gasteiger partial charge in [0.1, 0.15) is 17.2 Å². The van der Waals surface area contributed by atoms with E-state index in [0.717, 1.165) is 31.0 Å².